The van der Waals surface area contributed by atoms with E-state index in [-0.39, 0.29) is 11.7 Å². The largest absolute Gasteiger partial charge is 0.493 e. The third-order valence-corrected chi connectivity index (χ3v) is 3.46. The second kappa shape index (κ2) is 5.07. The van der Waals surface area contributed by atoms with E-state index in [4.69, 9.17) is 9.26 Å². The summed E-state index contributed by atoms with van der Waals surface area (Å²) in [5, 5.41) is 3.95. The summed E-state index contributed by atoms with van der Waals surface area (Å²) >= 11 is 0. The maximum absolute atomic E-state index is 11.2. The normalized spacial score (nSPS) is 16.8. The molecule has 1 aromatic carbocycles. The van der Waals surface area contributed by atoms with Gasteiger partial charge in [-0.1, -0.05) is 24.2 Å². The van der Waals surface area contributed by atoms with Crippen molar-refractivity contribution in [3.8, 4) is 17.1 Å². The standard InChI is InChI=1S/C15H16N2O3/c1-3-14-16-15(17-20-14)10-4-5-12-11(6-9(2)18)8-19-13(12)7-10/h4-5,7,11H,3,6,8H2,1-2H3/t11-/m1/s1. The molecule has 0 fully saturated rings. The number of rotatable bonds is 4. The fourth-order valence-corrected chi connectivity index (χ4v) is 2.45. The highest BCUT2D eigenvalue weighted by atomic mass is 16.5. The van der Waals surface area contributed by atoms with Crippen LogP contribution in [0.25, 0.3) is 11.4 Å². The Balaban J connectivity index is 1.89. The Bertz CT molecular complexity index is 648. The summed E-state index contributed by atoms with van der Waals surface area (Å²) in [6, 6.07) is 5.86. The minimum atomic E-state index is 0.160. The number of carbonyl (C=O) groups is 1. The van der Waals surface area contributed by atoms with Crippen LogP contribution in [0.3, 0.4) is 0 Å². The minimum Gasteiger partial charge on any atom is -0.493 e. The zero-order valence-electron chi connectivity index (χ0n) is 11.5. The summed E-state index contributed by atoms with van der Waals surface area (Å²) in [5.41, 5.74) is 1.96. The smallest absolute Gasteiger partial charge is 0.226 e. The van der Waals surface area contributed by atoms with Gasteiger partial charge in [-0.15, -0.1) is 0 Å². The van der Waals surface area contributed by atoms with E-state index in [9.17, 15) is 4.79 Å². The van der Waals surface area contributed by atoms with Crippen molar-refractivity contribution in [3.63, 3.8) is 0 Å². The third-order valence-electron chi connectivity index (χ3n) is 3.46. The summed E-state index contributed by atoms with van der Waals surface area (Å²) < 4.78 is 10.8. The van der Waals surface area contributed by atoms with Gasteiger partial charge in [0.2, 0.25) is 11.7 Å². The van der Waals surface area contributed by atoms with Gasteiger partial charge < -0.3 is 14.1 Å². The fourth-order valence-electron chi connectivity index (χ4n) is 2.45. The molecule has 1 aliphatic rings. The van der Waals surface area contributed by atoms with Crippen LogP contribution in [0.15, 0.2) is 22.7 Å². The molecule has 0 aliphatic carbocycles. The molecule has 2 heterocycles. The van der Waals surface area contributed by atoms with Gasteiger partial charge in [0, 0.05) is 29.9 Å². The average molecular weight is 272 g/mol. The van der Waals surface area contributed by atoms with Gasteiger partial charge in [0.15, 0.2) is 0 Å². The Morgan fingerprint density at radius 1 is 1.45 bits per heavy atom. The minimum absolute atomic E-state index is 0.160. The average Bonchev–Trinajstić information content (AvgIpc) is 3.05. The predicted octanol–water partition coefficient (Wildman–Crippen LogP) is 2.75. The molecule has 104 valence electrons. The molecular formula is C15H16N2O3. The van der Waals surface area contributed by atoms with Crippen LogP contribution < -0.4 is 4.74 Å². The maximum Gasteiger partial charge on any atom is 0.226 e. The first-order chi connectivity index (χ1) is 9.67. The Morgan fingerprint density at radius 2 is 2.30 bits per heavy atom. The Hall–Kier alpha value is -2.17. The monoisotopic (exact) mass is 272 g/mol. The number of hydrogen-bond acceptors (Lipinski definition) is 5. The lowest BCUT2D eigenvalue weighted by molar-refractivity contribution is -0.117. The Labute approximate surface area is 116 Å². The fraction of sp³-hybridized carbons (Fsp3) is 0.400. The molecule has 0 N–H and O–H groups in total. The first kappa shape index (κ1) is 12.8. The molecule has 0 amide bonds. The van der Waals surface area contributed by atoms with Gasteiger partial charge in [-0.05, 0) is 13.0 Å². The molecule has 0 spiro atoms. The number of ketones is 1. The molecule has 0 saturated carbocycles. The Kier molecular flexibility index (Phi) is 3.26. The second-order valence-corrected chi connectivity index (χ2v) is 5.03. The van der Waals surface area contributed by atoms with Gasteiger partial charge in [0.05, 0.1) is 6.61 Å². The molecule has 5 heteroatoms. The number of Topliss-reactive ketones (excluding diaryl/α,β-unsaturated/α-hetero) is 1. The number of aromatic nitrogens is 2. The highest BCUT2D eigenvalue weighted by molar-refractivity contribution is 5.77. The van der Waals surface area contributed by atoms with Crippen molar-refractivity contribution >= 4 is 5.78 Å². The molecule has 5 nitrogen and oxygen atoms in total. The summed E-state index contributed by atoms with van der Waals surface area (Å²) in [6.07, 6.45) is 1.24. The van der Waals surface area contributed by atoms with E-state index in [1.807, 2.05) is 25.1 Å². The van der Waals surface area contributed by atoms with E-state index in [0.717, 1.165) is 23.3 Å². The van der Waals surface area contributed by atoms with Gasteiger partial charge in [-0.2, -0.15) is 4.98 Å². The number of aryl methyl sites for hydroxylation is 1. The van der Waals surface area contributed by atoms with E-state index < -0.39 is 0 Å². The van der Waals surface area contributed by atoms with Crippen molar-refractivity contribution in [3.05, 3.63) is 29.7 Å². The number of ether oxygens (including phenoxy) is 1. The van der Waals surface area contributed by atoms with Crippen LogP contribution in [-0.2, 0) is 11.2 Å². The summed E-state index contributed by atoms with van der Waals surface area (Å²) in [4.78, 5) is 15.6. The van der Waals surface area contributed by atoms with Gasteiger partial charge >= 0.3 is 0 Å². The summed E-state index contributed by atoms with van der Waals surface area (Å²) in [6.45, 7) is 4.14. The van der Waals surface area contributed by atoms with E-state index in [1.54, 1.807) is 6.92 Å². The van der Waals surface area contributed by atoms with Crippen LogP contribution in [0.5, 0.6) is 5.75 Å². The van der Waals surface area contributed by atoms with E-state index >= 15 is 0 Å². The lowest BCUT2D eigenvalue weighted by Gasteiger charge is -2.05. The summed E-state index contributed by atoms with van der Waals surface area (Å²) in [7, 11) is 0. The molecule has 2 aromatic rings. The highest BCUT2D eigenvalue weighted by Gasteiger charge is 2.26. The quantitative estimate of drug-likeness (QED) is 0.856. The van der Waals surface area contributed by atoms with Crippen LogP contribution in [-0.4, -0.2) is 22.5 Å². The number of nitrogens with zero attached hydrogens (tertiary/aromatic N) is 2. The zero-order chi connectivity index (χ0) is 14.1. The molecule has 1 aromatic heterocycles. The number of benzene rings is 1. The second-order valence-electron chi connectivity index (χ2n) is 5.03. The van der Waals surface area contributed by atoms with Crippen molar-refractivity contribution in [1.82, 2.24) is 10.1 Å². The SMILES string of the molecule is CCc1nc(-c2ccc3c(c2)OC[C@H]3CC(C)=O)no1. The lowest BCUT2D eigenvalue weighted by atomic mass is 9.95. The maximum atomic E-state index is 11.2. The van der Waals surface area contributed by atoms with Gasteiger partial charge in [0.25, 0.3) is 0 Å². The molecule has 0 radical (unpaired) electrons. The topological polar surface area (TPSA) is 65.2 Å². The molecule has 1 atom stereocenters. The Morgan fingerprint density at radius 3 is 3.00 bits per heavy atom. The van der Waals surface area contributed by atoms with E-state index in [1.165, 1.54) is 0 Å². The van der Waals surface area contributed by atoms with Crippen LogP contribution in [0.1, 0.15) is 37.6 Å². The first-order valence-corrected chi connectivity index (χ1v) is 6.76. The van der Waals surface area contributed by atoms with Crippen LogP contribution in [0, 0.1) is 0 Å². The molecule has 1 aliphatic heterocycles. The first-order valence-electron chi connectivity index (χ1n) is 6.76. The lowest BCUT2D eigenvalue weighted by Crippen LogP contribution is -2.05. The summed E-state index contributed by atoms with van der Waals surface area (Å²) in [5.74, 6) is 2.35. The molecule has 20 heavy (non-hydrogen) atoms. The number of fused-ring (bicyclic) bond motifs is 1. The molecular weight excluding hydrogens is 256 g/mol. The van der Waals surface area contributed by atoms with Crippen LogP contribution in [0.4, 0.5) is 0 Å². The third kappa shape index (κ3) is 2.31. The van der Waals surface area contributed by atoms with Gasteiger partial charge in [-0.25, -0.2) is 0 Å². The molecule has 0 unspecified atom stereocenters. The number of carbonyl (C=O) groups excluding carboxylic acids is 1. The van der Waals surface area contributed by atoms with Crippen LogP contribution in [0.2, 0.25) is 0 Å². The van der Waals surface area contributed by atoms with E-state index in [2.05, 4.69) is 10.1 Å². The van der Waals surface area contributed by atoms with Crippen molar-refractivity contribution in [2.75, 3.05) is 6.61 Å². The zero-order valence-corrected chi connectivity index (χ0v) is 11.5. The highest BCUT2D eigenvalue weighted by Crippen LogP contribution is 2.38. The van der Waals surface area contributed by atoms with Gasteiger partial charge in [0.1, 0.15) is 11.5 Å². The van der Waals surface area contributed by atoms with Gasteiger partial charge in [-0.3, -0.25) is 0 Å². The van der Waals surface area contributed by atoms with Crippen molar-refractivity contribution < 1.29 is 14.1 Å². The van der Waals surface area contributed by atoms with Crippen LogP contribution >= 0.6 is 0 Å². The molecule has 0 bridgehead atoms. The van der Waals surface area contributed by atoms with E-state index in [0.29, 0.717) is 24.7 Å². The van der Waals surface area contributed by atoms with Crippen molar-refractivity contribution in [1.29, 1.82) is 0 Å². The molecule has 3 rings (SSSR count). The van der Waals surface area contributed by atoms with Crippen molar-refractivity contribution in [2.24, 2.45) is 0 Å². The number of hydrogen-bond donors (Lipinski definition) is 0. The van der Waals surface area contributed by atoms with Crippen molar-refractivity contribution in [2.45, 2.75) is 32.6 Å². The molecule has 0 saturated heterocycles. The predicted molar refractivity (Wildman–Crippen MR) is 72.6 cm³/mol.